The summed E-state index contributed by atoms with van der Waals surface area (Å²) in [5.74, 6) is -3.09. The summed E-state index contributed by atoms with van der Waals surface area (Å²) < 4.78 is 31.1. The molecule has 1 aromatic carbocycles. The molecule has 0 aromatic heterocycles. The molecular weight excluding hydrogens is 268 g/mol. The van der Waals surface area contributed by atoms with Crippen LogP contribution in [-0.2, 0) is 0 Å². The molecule has 0 aliphatic carbocycles. The first-order valence-corrected chi connectivity index (χ1v) is 6.34. The second-order valence-electron chi connectivity index (χ2n) is 4.93. The molecule has 0 atom stereocenters. The third-order valence-corrected chi connectivity index (χ3v) is 2.42. The molecule has 0 spiro atoms. The van der Waals surface area contributed by atoms with Crippen LogP contribution in [0.15, 0.2) is 24.3 Å². The van der Waals surface area contributed by atoms with E-state index in [-0.39, 0.29) is 5.56 Å². The van der Waals surface area contributed by atoms with Crippen molar-refractivity contribution in [2.24, 2.45) is 5.92 Å². The van der Waals surface area contributed by atoms with Gasteiger partial charge >= 0.3 is 0 Å². The number of aliphatic hydroxyl groups is 1. The maximum absolute atomic E-state index is 12.8. The Morgan fingerprint density at radius 2 is 2.15 bits per heavy atom. The molecule has 0 saturated heterocycles. The van der Waals surface area contributed by atoms with E-state index < -0.39 is 25.0 Å². The molecule has 0 bridgehead atoms. The molecule has 4 nitrogen and oxygen atoms in total. The number of alkyl halides is 2. The number of rotatable bonds is 7. The summed E-state index contributed by atoms with van der Waals surface area (Å²) >= 11 is 0. The molecule has 0 unspecified atom stereocenters. The van der Waals surface area contributed by atoms with Gasteiger partial charge in [-0.1, -0.05) is 19.9 Å². The van der Waals surface area contributed by atoms with Gasteiger partial charge in [0.15, 0.2) is 0 Å². The lowest BCUT2D eigenvalue weighted by atomic mass is 10.2. The molecule has 0 radical (unpaired) electrons. The van der Waals surface area contributed by atoms with Crippen molar-refractivity contribution in [3.05, 3.63) is 29.8 Å². The third-order valence-electron chi connectivity index (χ3n) is 2.42. The summed E-state index contributed by atoms with van der Waals surface area (Å²) in [5, 5.41) is 10.5. The van der Waals surface area contributed by atoms with Crippen molar-refractivity contribution < 1.29 is 23.4 Å². The third kappa shape index (κ3) is 5.52. The zero-order chi connectivity index (χ0) is 15.2. The SMILES string of the molecule is CC(C)COc1cccc(C(=O)NCC(F)(F)CO)c1. The Morgan fingerprint density at radius 1 is 1.45 bits per heavy atom. The van der Waals surface area contributed by atoms with Gasteiger partial charge in [0.05, 0.1) is 13.2 Å². The van der Waals surface area contributed by atoms with Crippen molar-refractivity contribution >= 4 is 5.91 Å². The highest BCUT2D eigenvalue weighted by Gasteiger charge is 2.28. The van der Waals surface area contributed by atoms with E-state index in [1.807, 2.05) is 13.8 Å². The van der Waals surface area contributed by atoms with E-state index in [4.69, 9.17) is 9.84 Å². The van der Waals surface area contributed by atoms with Gasteiger partial charge in [0, 0.05) is 5.56 Å². The molecule has 112 valence electrons. The van der Waals surface area contributed by atoms with Crippen LogP contribution >= 0.6 is 0 Å². The Morgan fingerprint density at radius 3 is 2.75 bits per heavy atom. The Balaban J connectivity index is 2.62. The first kappa shape index (κ1) is 16.4. The summed E-state index contributed by atoms with van der Waals surface area (Å²) in [5.41, 5.74) is 0.236. The smallest absolute Gasteiger partial charge is 0.287 e. The average molecular weight is 287 g/mol. The van der Waals surface area contributed by atoms with Gasteiger partial charge in [-0.3, -0.25) is 4.79 Å². The van der Waals surface area contributed by atoms with Crippen LogP contribution < -0.4 is 10.1 Å². The predicted octanol–water partition coefficient (Wildman–Crippen LogP) is 2.08. The van der Waals surface area contributed by atoms with Crippen molar-refractivity contribution in [1.82, 2.24) is 5.32 Å². The second-order valence-corrected chi connectivity index (χ2v) is 4.93. The Hall–Kier alpha value is -1.69. The standard InChI is InChI=1S/C14H19F2NO3/c1-10(2)7-20-12-5-3-4-11(6-12)13(19)17-8-14(15,16)9-18/h3-6,10,18H,7-9H2,1-2H3,(H,17,19). The molecule has 1 rings (SSSR count). The lowest BCUT2D eigenvalue weighted by molar-refractivity contribution is -0.0462. The number of carbonyl (C=O) groups excluding carboxylic acids is 1. The summed E-state index contributed by atoms with van der Waals surface area (Å²) in [7, 11) is 0. The van der Waals surface area contributed by atoms with Crippen LogP contribution in [0.5, 0.6) is 5.75 Å². The van der Waals surface area contributed by atoms with E-state index in [1.54, 1.807) is 12.1 Å². The minimum Gasteiger partial charge on any atom is -0.493 e. The number of halogens is 2. The molecule has 0 saturated carbocycles. The number of hydrogen-bond acceptors (Lipinski definition) is 3. The number of ether oxygens (including phenoxy) is 1. The predicted molar refractivity (Wildman–Crippen MR) is 71.1 cm³/mol. The Kier molecular flexibility index (Phi) is 5.88. The van der Waals surface area contributed by atoms with Crippen LogP contribution in [0.3, 0.4) is 0 Å². The summed E-state index contributed by atoms with van der Waals surface area (Å²) in [6.07, 6.45) is 0. The number of amides is 1. The fraction of sp³-hybridized carbons (Fsp3) is 0.500. The summed E-state index contributed by atoms with van der Waals surface area (Å²) in [6.45, 7) is 2.29. The van der Waals surface area contributed by atoms with Crippen molar-refractivity contribution in [2.45, 2.75) is 19.8 Å². The van der Waals surface area contributed by atoms with Crippen LogP contribution in [0.2, 0.25) is 0 Å². The van der Waals surface area contributed by atoms with Gasteiger partial charge < -0.3 is 15.2 Å². The van der Waals surface area contributed by atoms with Gasteiger partial charge in [0.2, 0.25) is 0 Å². The first-order valence-electron chi connectivity index (χ1n) is 6.34. The van der Waals surface area contributed by atoms with Gasteiger partial charge in [0.1, 0.15) is 12.4 Å². The maximum atomic E-state index is 12.8. The molecule has 0 heterocycles. The van der Waals surface area contributed by atoms with Crippen molar-refractivity contribution in [3.63, 3.8) is 0 Å². The monoisotopic (exact) mass is 287 g/mol. The van der Waals surface area contributed by atoms with Crippen LogP contribution in [0.4, 0.5) is 8.78 Å². The van der Waals surface area contributed by atoms with Crippen molar-refractivity contribution in [3.8, 4) is 5.75 Å². The van der Waals surface area contributed by atoms with Crippen LogP contribution in [-0.4, -0.2) is 36.7 Å². The second kappa shape index (κ2) is 7.19. The van der Waals surface area contributed by atoms with E-state index in [1.165, 1.54) is 12.1 Å². The highest BCUT2D eigenvalue weighted by Crippen LogP contribution is 2.15. The van der Waals surface area contributed by atoms with E-state index in [0.29, 0.717) is 18.3 Å². The van der Waals surface area contributed by atoms with Gasteiger partial charge in [-0.05, 0) is 24.1 Å². The zero-order valence-corrected chi connectivity index (χ0v) is 11.5. The average Bonchev–Trinajstić information content (AvgIpc) is 2.43. The van der Waals surface area contributed by atoms with Gasteiger partial charge in [-0.15, -0.1) is 0 Å². The lowest BCUT2D eigenvalue weighted by Crippen LogP contribution is -2.38. The summed E-state index contributed by atoms with van der Waals surface area (Å²) in [6, 6.07) is 6.32. The van der Waals surface area contributed by atoms with Crippen molar-refractivity contribution in [1.29, 1.82) is 0 Å². The normalized spacial score (nSPS) is 11.5. The van der Waals surface area contributed by atoms with Crippen LogP contribution in [0.25, 0.3) is 0 Å². The molecule has 0 aliphatic rings. The van der Waals surface area contributed by atoms with Gasteiger partial charge in [-0.25, -0.2) is 8.78 Å². The largest absolute Gasteiger partial charge is 0.493 e. The van der Waals surface area contributed by atoms with Crippen molar-refractivity contribution in [2.75, 3.05) is 19.8 Å². The fourth-order valence-electron chi connectivity index (χ4n) is 1.36. The number of hydrogen-bond donors (Lipinski definition) is 2. The highest BCUT2D eigenvalue weighted by atomic mass is 19.3. The van der Waals surface area contributed by atoms with Gasteiger partial charge in [-0.2, -0.15) is 0 Å². The minimum absolute atomic E-state index is 0.236. The lowest BCUT2D eigenvalue weighted by Gasteiger charge is -2.14. The van der Waals surface area contributed by atoms with E-state index in [2.05, 4.69) is 5.32 Å². The Bertz CT molecular complexity index is 450. The topological polar surface area (TPSA) is 58.6 Å². The molecule has 20 heavy (non-hydrogen) atoms. The van der Waals surface area contributed by atoms with E-state index in [0.717, 1.165) is 0 Å². The fourth-order valence-corrected chi connectivity index (χ4v) is 1.36. The first-order chi connectivity index (χ1) is 9.34. The summed E-state index contributed by atoms with van der Waals surface area (Å²) in [4.78, 5) is 11.7. The molecule has 0 fully saturated rings. The molecule has 1 aromatic rings. The maximum Gasteiger partial charge on any atom is 0.287 e. The zero-order valence-electron chi connectivity index (χ0n) is 11.5. The van der Waals surface area contributed by atoms with E-state index in [9.17, 15) is 13.6 Å². The molecule has 6 heteroatoms. The molecule has 2 N–H and O–H groups in total. The number of nitrogens with one attached hydrogen (secondary N) is 1. The molecular formula is C14H19F2NO3. The molecule has 0 aliphatic heterocycles. The molecule has 1 amide bonds. The van der Waals surface area contributed by atoms with Gasteiger partial charge in [0.25, 0.3) is 11.8 Å². The highest BCUT2D eigenvalue weighted by molar-refractivity contribution is 5.94. The number of carbonyl (C=O) groups is 1. The van der Waals surface area contributed by atoms with Crippen LogP contribution in [0, 0.1) is 5.92 Å². The van der Waals surface area contributed by atoms with E-state index >= 15 is 0 Å². The number of benzene rings is 1. The van der Waals surface area contributed by atoms with Crippen LogP contribution in [0.1, 0.15) is 24.2 Å². The number of aliphatic hydroxyl groups excluding tert-OH is 1. The minimum atomic E-state index is -3.32. The Labute approximate surface area is 116 Å². The quantitative estimate of drug-likeness (QED) is 0.807.